The molecule has 0 fully saturated rings. The Morgan fingerprint density at radius 3 is 1.09 bits per heavy atom. The molecule has 0 aliphatic carbocycles. The first-order valence-corrected chi connectivity index (χ1v) is 20.7. The van der Waals surface area contributed by atoms with Gasteiger partial charge in [-0.2, -0.15) is 0 Å². The van der Waals surface area contributed by atoms with Crippen molar-refractivity contribution in [3.63, 3.8) is 0 Å². The number of thioether (sulfide) groups is 2. The van der Waals surface area contributed by atoms with E-state index in [0.717, 1.165) is 67.6 Å². The van der Waals surface area contributed by atoms with E-state index in [2.05, 4.69) is 193 Å². The molecule has 1 aliphatic rings. The average molecular weight is 771 g/mol. The van der Waals surface area contributed by atoms with Crippen molar-refractivity contribution >= 4 is 68.0 Å². The minimum absolute atomic E-state index is 0.730. The molecule has 0 saturated heterocycles. The zero-order chi connectivity index (χ0) is 38.7. The molecule has 280 valence electrons. The highest BCUT2D eigenvalue weighted by Gasteiger charge is 2.34. The molecule has 0 aromatic heterocycles. The van der Waals surface area contributed by atoms with Crippen molar-refractivity contribution in [2.75, 3.05) is 45.2 Å². The first-order valence-electron chi connectivity index (χ1n) is 18.7. The number of para-hydroxylation sites is 4. The molecule has 0 spiro atoms. The zero-order valence-electron chi connectivity index (χ0n) is 32.2. The van der Waals surface area contributed by atoms with Gasteiger partial charge in [0.25, 0.3) is 0 Å². The van der Waals surface area contributed by atoms with Crippen molar-refractivity contribution in [3.05, 3.63) is 205 Å². The lowest BCUT2D eigenvalue weighted by atomic mass is 10.2. The molecule has 6 nitrogen and oxygen atoms in total. The molecular weight excluding hydrogens is 725 g/mol. The molecular formula is C48H46N6S2. The Morgan fingerprint density at radius 2 is 0.750 bits per heavy atom. The van der Waals surface area contributed by atoms with E-state index in [1.807, 2.05) is 36.4 Å². The Labute approximate surface area is 340 Å². The van der Waals surface area contributed by atoms with Gasteiger partial charge in [0.1, 0.15) is 0 Å². The van der Waals surface area contributed by atoms with Crippen molar-refractivity contribution in [2.45, 2.75) is 13.8 Å². The molecule has 0 unspecified atom stereocenters. The van der Waals surface area contributed by atoms with Gasteiger partial charge in [-0.3, -0.25) is 9.80 Å². The fourth-order valence-electron chi connectivity index (χ4n) is 6.28. The highest BCUT2D eigenvalue weighted by atomic mass is 32.2. The van der Waals surface area contributed by atoms with E-state index in [4.69, 9.17) is 9.98 Å². The third-order valence-corrected chi connectivity index (χ3v) is 11.0. The minimum atomic E-state index is 0.730. The van der Waals surface area contributed by atoms with Crippen LogP contribution in [0.15, 0.2) is 204 Å². The predicted molar refractivity (Wildman–Crippen MR) is 245 cm³/mol. The van der Waals surface area contributed by atoms with Crippen LogP contribution < -0.4 is 19.6 Å². The Kier molecular flexibility index (Phi) is 12.7. The summed E-state index contributed by atoms with van der Waals surface area (Å²) < 4.78 is 0. The molecule has 0 radical (unpaired) electrons. The second kappa shape index (κ2) is 18.6. The van der Waals surface area contributed by atoms with Crippen LogP contribution in [0.4, 0.5) is 34.1 Å². The SMILES string of the molecule is Cc1ccc(N2C(=Nc3ccccc3)SC/C=C\CSC(=Nc3ccccc3)N(c3ccc(C)cc3)/C(N(C)c3ccccc3)=C\2N(C)c2ccccc2)cc1. The minimum Gasteiger partial charge on any atom is -0.327 e. The Balaban J connectivity index is 1.67. The summed E-state index contributed by atoms with van der Waals surface area (Å²) in [5.74, 6) is 3.24. The number of anilines is 4. The standard InChI is InChI=1S/C48H46N6S2/c1-37-27-31-43(32-28-37)53-45(51(3)41-23-13-7-14-24-41)46(52(4)42-25-15-8-16-26-42)54(44-33-29-38(2)30-34-44)48(50-40-21-11-6-12-22-40)56-36-18-17-35-55-47(53)49-39-19-9-5-10-20-39/h5-34H,35-36H2,1-4H3/b18-17-,46-45-,49-47?,50-48?. The topological polar surface area (TPSA) is 37.7 Å². The van der Waals surface area contributed by atoms with Crippen LogP contribution >= 0.6 is 23.5 Å². The molecule has 6 aromatic rings. The monoisotopic (exact) mass is 770 g/mol. The maximum atomic E-state index is 5.45. The summed E-state index contributed by atoms with van der Waals surface area (Å²) >= 11 is 3.44. The third kappa shape index (κ3) is 9.28. The third-order valence-electron chi connectivity index (χ3n) is 9.26. The van der Waals surface area contributed by atoms with Crippen LogP contribution in [0.25, 0.3) is 0 Å². The smallest absolute Gasteiger partial charge is 0.175 e. The fourth-order valence-corrected chi connectivity index (χ4v) is 8.03. The average Bonchev–Trinajstić information content (AvgIpc) is 3.24. The molecule has 1 heterocycles. The van der Waals surface area contributed by atoms with E-state index in [9.17, 15) is 0 Å². The van der Waals surface area contributed by atoms with Crippen LogP contribution in [0.1, 0.15) is 11.1 Å². The van der Waals surface area contributed by atoms with Crippen LogP contribution in [-0.2, 0) is 0 Å². The highest BCUT2D eigenvalue weighted by molar-refractivity contribution is 8.14. The number of amidine groups is 2. The summed E-state index contributed by atoms with van der Waals surface area (Å²) in [5, 5.41) is 1.67. The van der Waals surface area contributed by atoms with Crippen molar-refractivity contribution in [3.8, 4) is 0 Å². The molecule has 0 bridgehead atoms. The molecule has 0 atom stereocenters. The lowest BCUT2D eigenvalue weighted by Crippen LogP contribution is -2.46. The lowest BCUT2D eigenvalue weighted by molar-refractivity contribution is 0.924. The second-order valence-corrected chi connectivity index (χ2v) is 15.3. The summed E-state index contributed by atoms with van der Waals surface area (Å²) in [7, 11) is 4.30. The maximum absolute atomic E-state index is 5.45. The summed E-state index contributed by atoms with van der Waals surface area (Å²) in [6.07, 6.45) is 4.48. The molecule has 1 aliphatic heterocycles. The van der Waals surface area contributed by atoms with E-state index in [1.54, 1.807) is 23.5 Å². The van der Waals surface area contributed by atoms with Crippen LogP contribution in [-0.4, -0.2) is 35.9 Å². The van der Waals surface area contributed by atoms with Gasteiger partial charge >= 0.3 is 0 Å². The second-order valence-electron chi connectivity index (χ2n) is 13.3. The van der Waals surface area contributed by atoms with E-state index in [1.165, 1.54) is 11.1 Å². The summed E-state index contributed by atoms with van der Waals surface area (Å²) in [6, 6.07) is 59.1. The van der Waals surface area contributed by atoms with Crippen LogP contribution in [0.3, 0.4) is 0 Å². The highest BCUT2D eigenvalue weighted by Crippen LogP contribution is 2.39. The molecule has 0 N–H and O–H groups in total. The summed E-state index contributed by atoms with van der Waals surface area (Å²) in [6.45, 7) is 4.26. The largest absolute Gasteiger partial charge is 0.327 e. The maximum Gasteiger partial charge on any atom is 0.175 e. The van der Waals surface area contributed by atoms with E-state index < -0.39 is 0 Å². The van der Waals surface area contributed by atoms with Crippen LogP contribution in [0, 0.1) is 13.8 Å². The first-order chi connectivity index (χ1) is 27.5. The van der Waals surface area contributed by atoms with E-state index in [0.29, 0.717) is 0 Å². The number of hydrogen-bond acceptors (Lipinski definition) is 6. The van der Waals surface area contributed by atoms with Crippen LogP contribution in [0.5, 0.6) is 0 Å². The number of hydrogen-bond donors (Lipinski definition) is 0. The van der Waals surface area contributed by atoms with Gasteiger partial charge in [-0.05, 0) is 86.6 Å². The molecule has 0 amide bonds. The zero-order valence-corrected chi connectivity index (χ0v) is 33.9. The van der Waals surface area contributed by atoms with Gasteiger partial charge in [0.05, 0.1) is 11.4 Å². The van der Waals surface area contributed by atoms with Gasteiger partial charge in [0.15, 0.2) is 22.0 Å². The number of rotatable bonds is 8. The Bertz CT molecular complexity index is 2130. The number of benzene rings is 6. The molecule has 56 heavy (non-hydrogen) atoms. The van der Waals surface area contributed by atoms with Gasteiger partial charge in [0.2, 0.25) is 0 Å². The Hall–Kier alpha value is -5.96. The molecule has 6 aromatic carbocycles. The number of aryl methyl sites for hydroxylation is 2. The van der Waals surface area contributed by atoms with Crippen molar-refractivity contribution < 1.29 is 0 Å². The quantitative estimate of drug-likeness (QED) is 0.144. The van der Waals surface area contributed by atoms with Crippen LogP contribution in [0.2, 0.25) is 0 Å². The first kappa shape index (κ1) is 38.3. The van der Waals surface area contributed by atoms with Crippen molar-refractivity contribution in [1.29, 1.82) is 0 Å². The van der Waals surface area contributed by atoms with Gasteiger partial charge in [0, 0.05) is 48.4 Å². The summed E-state index contributed by atoms with van der Waals surface area (Å²) in [4.78, 5) is 20.1. The molecule has 8 heteroatoms. The number of aliphatic imine (C=N–C) groups is 2. The number of nitrogens with zero attached hydrogens (tertiary/aromatic N) is 6. The van der Waals surface area contributed by atoms with Gasteiger partial charge in [-0.1, -0.05) is 144 Å². The molecule has 7 rings (SSSR count). The normalized spacial score (nSPS) is 17.3. The lowest BCUT2D eigenvalue weighted by Gasteiger charge is -2.42. The Morgan fingerprint density at radius 1 is 0.429 bits per heavy atom. The van der Waals surface area contributed by atoms with Gasteiger partial charge < -0.3 is 9.80 Å². The summed E-state index contributed by atoms with van der Waals surface area (Å²) in [5.41, 5.74) is 8.11. The van der Waals surface area contributed by atoms with E-state index >= 15 is 0 Å². The van der Waals surface area contributed by atoms with Crippen molar-refractivity contribution in [2.24, 2.45) is 9.98 Å². The predicted octanol–water partition coefficient (Wildman–Crippen LogP) is 12.4. The van der Waals surface area contributed by atoms with E-state index in [-0.39, 0.29) is 0 Å². The van der Waals surface area contributed by atoms with Gasteiger partial charge in [-0.15, -0.1) is 0 Å². The fraction of sp³-hybridized carbons (Fsp3) is 0.125. The van der Waals surface area contributed by atoms with Gasteiger partial charge in [-0.25, -0.2) is 9.98 Å². The molecule has 0 saturated carbocycles. The van der Waals surface area contributed by atoms with Crippen molar-refractivity contribution in [1.82, 2.24) is 0 Å².